The highest BCUT2D eigenvalue weighted by Gasteiger charge is 2.17. The lowest BCUT2D eigenvalue weighted by Gasteiger charge is -2.19. The third-order valence-electron chi connectivity index (χ3n) is 4.06. The van der Waals surface area contributed by atoms with Gasteiger partial charge in [0, 0.05) is 4.88 Å². The Bertz CT molecular complexity index is 848. The molecule has 5 heteroatoms. The van der Waals surface area contributed by atoms with Crippen LogP contribution in [-0.4, -0.2) is 19.6 Å². The van der Waals surface area contributed by atoms with Crippen molar-refractivity contribution < 1.29 is 9.53 Å². The number of hydrogen-bond acceptors (Lipinski definition) is 4. The lowest BCUT2D eigenvalue weighted by atomic mass is 10.1. The number of carbonyl (C=O) groups excluding carboxylic acids is 1. The molecule has 3 rings (SSSR count). The van der Waals surface area contributed by atoms with Gasteiger partial charge in [-0.3, -0.25) is 4.79 Å². The van der Waals surface area contributed by atoms with Crippen LogP contribution >= 0.6 is 11.3 Å². The summed E-state index contributed by atoms with van der Waals surface area (Å²) in [5.41, 5.74) is 2.99. The molecule has 0 aliphatic rings. The molecule has 2 aromatic carbocycles. The van der Waals surface area contributed by atoms with Crippen LogP contribution in [0.15, 0.2) is 66.0 Å². The van der Waals surface area contributed by atoms with E-state index >= 15 is 0 Å². The molecule has 0 saturated heterocycles. The van der Waals surface area contributed by atoms with E-state index in [0.29, 0.717) is 0 Å². The second kappa shape index (κ2) is 8.54. The summed E-state index contributed by atoms with van der Waals surface area (Å²) in [7, 11) is 1.62. The predicted octanol–water partition coefficient (Wildman–Crippen LogP) is 4.38. The van der Waals surface area contributed by atoms with Crippen LogP contribution in [0.25, 0.3) is 0 Å². The quantitative estimate of drug-likeness (QED) is 0.652. The summed E-state index contributed by atoms with van der Waals surface area (Å²) in [6.45, 7) is 2.18. The first-order valence-electron chi connectivity index (χ1n) is 8.43. The molecule has 4 nitrogen and oxygen atoms in total. The highest BCUT2D eigenvalue weighted by atomic mass is 32.1. The van der Waals surface area contributed by atoms with E-state index < -0.39 is 0 Å². The number of aryl methyl sites for hydroxylation is 1. The van der Waals surface area contributed by atoms with Gasteiger partial charge in [0.1, 0.15) is 5.75 Å². The van der Waals surface area contributed by atoms with Crippen molar-refractivity contribution in [2.45, 2.75) is 13.0 Å². The molecule has 1 aromatic heterocycles. The molecular weight excluding hydrogens is 344 g/mol. The molecule has 0 bridgehead atoms. The van der Waals surface area contributed by atoms with Gasteiger partial charge >= 0.3 is 0 Å². The number of carbonyl (C=O) groups is 1. The zero-order chi connectivity index (χ0) is 18.4. The number of anilines is 1. The number of hydrogen-bond donors (Lipinski definition) is 2. The number of thiophene rings is 1. The summed E-state index contributed by atoms with van der Waals surface area (Å²) in [4.78, 5) is 13.7. The number of ether oxygens (including phenoxy) is 1. The molecule has 1 atom stereocenters. The number of benzene rings is 2. The Labute approximate surface area is 157 Å². The molecule has 26 heavy (non-hydrogen) atoms. The van der Waals surface area contributed by atoms with Gasteiger partial charge in [-0.15, -0.1) is 11.3 Å². The Hall–Kier alpha value is -2.79. The normalized spacial score (nSPS) is 11.6. The van der Waals surface area contributed by atoms with Crippen LogP contribution in [-0.2, 0) is 4.79 Å². The average Bonchev–Trinajstić information content (AvgIpc) is 3.19. The summed E-state index contributed by atoms with van der Waals surface area (Å²) in [5, 5.41) is 8.32. The molecule has 0 spiro atoms. The molecule has 0 aliphatic carbocycles. The molecular formula is C21H22N2O2S. The minimum atomic E-state index is -0.148. The van der Waals surface area contributed by atoms with Gasteiger partial charge in [0.05, 0.1) is 25.4 Å². The highest BCUT2D eigenvalue weighted by molar-refractivity contribution is 7.10. The third kappa shape index (κ3) is 4.43. The topological polar surface area (TPSA) is 50.4 Å². The van der Waals surface area contributed by atoms with Crippen molar-refractivity contribution in [2.24, 2.45) is 0 Å². The van der Waals surface area contributed by atoms with Crippen LogP contribution in [0.1, 0.15) is 22.0 Å². The summed E-state index contributed by atoms with van der Waals surface area (Å²) in [6, 6.07) is 19.7. The Morgan fingerprint density at radius 3 is 2.62 bits per heavy atom. The van der Waals surface area contributed by atoms with Gasteiger partial charge in [0.15, 0.2) is 0 Å². The van der Waals surface area contributed by atoms with Crippen molar-refractivity contribution in [1.82, 2.24) is 5.32 Å². The molecule has 3 aromatic rings. The number of rotatable bonds is 7. The van der Waals surface area contributed by atoms with Crippen LogP contribution < -0.4 is 15.4 Å². The Kier molecular flexibility index (Phi) is 5.92. The number of amides is 1. The van der Waals surface area contributed by atoms with Gasteiger partial charge in [-0.05, 0) is 41.6 Å². The summed E-state index contributed by atoms with van der Waals surface area (Å²) >= 11 is 1.64. The summed E-state index contributed by atoms with van der Waals surface area (Å²) in [6.07, 6.45) is 0. The minimum Gasteiger partial charge on any atom is -0.495 e. The van der Waals surface area contributed by atoms with E-state index in [-0.39, 0.29) is 18.5 Å². The number of nitrogens with one attached hydrogen (secondary N) is 2. The van der Waals surface area contributed by atoms with E-state index in [2.05, 4.69) is 10.6 Å². The maximum atomic E-state index is 12.6. The first-order chi connectivity index (χ1) is 12.7. The van der Waals surface area contributed by atoms with Crippen LogP contribution in [0, 0.1) is 6.92 Å². The molecule has 0 aliphatic heterocycles. The molecule has 1 unspecified atom stereocenters. The van der Waals surface area contributed by atoms with Crippen LogP contribution in [0.4, 0.5) is 5.69 Å². The second-order valence-electron chi connectivity index (χ2n) is 5.98. The molecule has 0 saturated carbocycles. The largest absolute Gasteiger partial charge is 0.495 e. The number of methoxy groups -OCH3 is 1. The predicted molar refractivity (Wildman–Crippen MR) is 107 cm³/mol. The van der Waals surface area contributed by atoms with E-state index in [9.17, 15) is 4.79 Å². The second-order valence-corrected chi connectivity index (χ2v) is 6.96. The van der Waals surface area contributed by atoms with Crippen molar-refractivity contribution in [1.29, 1.82) is 0 Å². The molecule has 1 amide bonds. The third-order valence-corrected chi connectivity index (χ3v) is 5.00. The monoisotopic (exact) mass is 366 g/mol. The van der Waals surface area contributed by atoms with E-state index in [1.54, 1.807) is 18.4 Å². The molecule has 2 N–H and O–H groups in total. The standard InChI is InChI=1S/C21H22N2O2S/c1-15-10-11-18(25-2)17(13-15)22-14-20(24)23-21(19-9-6-12-26-19)16-7-4-3-5-8-16/h3-13,21-22H,14H2,1-2H3,(H,23,24). The van der Waals surface area contributed by atoms with Crippen molar-refractivity contribution in [3.05, 3.63) is 82.0 Å². The van der Waals surface area contributed by atoms with Gasteiger partial charge in [-0.2, -0.15) is 0 Å². The molecule has 1 heterocycles. The van der Waals surface area contributed by atoms with Gasteiger partial charge in [-0.1, -0.05) is 42.5 Å². The van der Waals surface area contributed by atoms with E-state index in [1.807, 2.05) is 73.0 Å². The Morgan fingerprint density at radius 2 is 1.92 bits per heavy atom. The Morgan fingerprint density at radius 1 is 1.12 bits per heavy atom. The molecule has 134 valence electrons. The average molecular weight is 366 g/mol. The van der Waals surface area contributed by atoms with E-state index in [1.165, 1.54) is 0 Å². The van der Waals surface area contributed by atoms with Crippen molar-refractivity contribution in [3.8, 4) is 5.75 Å². The summed E-state index contributed by atoms with van der Waals surface area (Å²) in [5.74, 6) is 0.650. The maximum Gasteiger partial charge on any atom is 0.240 e. The fourth-order valence-corrected chi connectivity index (χ4v) is 3.57. The van der Waals surface area contributed by atoms with Gasteiger partial charge in [0.2, 0.25) is 5.91 Å². The molecule has 0 radical (unpaired) electrons. The van der Waals surface area contributed by atoms with Gasteiger partial charge in [-0.25, -0.2) is 0 Å². The van der Waals surface area contributed by atoms with Crippen LogP contribution in [0.2, 0.25) is 0 Å². The first kappa shape index (κ1) is 18.0. The smallest absolute Gasteiger partial charge is 0.240 e. The highest BCUT2D eigenvalue weighted by Crippen LogP contribution is 2.27. The van der Waals surface area contributed by atoms with Crippen LogP contribution in [0.3, 0.4) is 0 Å². The fraction of sp³-hybridized carbons (Fsp3) is 0.190. The molecule has 0 fully saturated rings. The zero-order valence-electron chi connectivity index (χ0n) is 14.9. The lowest BCUT2D eigenvalue weighted by Crippen LogP contribution is -2.33. The zero-order valence-corrected chi connectivity index (χ0v) is 15.7. The van der Waals surface area contributed by atoms with Crippen molar-refractivity contribution in [3.63, 3.8) is 0 Å². The van der Waals surface area contributed by atoms with Gasteiger partial charge in [0.25, 0.3) is 0 Å². The van der Waals surface area contributed by atoms with Gasteiger partial charge < -0.3 is 15.4 Å². The first-order valence-corrected chi connectivity index (χ1v) is 9.31. The Balaban J connectivity index is 1.70. The SMILES string of the molecule is COc1ccc(C)cc1NCC(=O)NC(c1ccccc1)c1cccs1. The fourth-order valence-electron chi connectivity index (χ4n) is 2.77. The maximum absolute atomic E-state index is 12.6. The van der Waals surface area contributed by atoms with Crippen molar-refractivity contribution >= 4 is 22.9 Å². The van der Waals surface area contributed by atoms with E-state index in [0.717, 1.165) is 27.4 Å². The van der Waals surface area contributed by atoms with E-state index in [4.69, 9.17) is 4.74 Å². The lowest BCUT2D eigenvalue weighted by molar-refractivity contribution is -0.119. The minimum absolute atomic E-state index is 0.0733. The summed E-state index contributed by atoms with van der Waals surface area (Å²) < 4.78 is 5.35. The van der Waals surface area contributed by atoms with Crippen molar-refractivity contribution in [2.75, 3.05) is 19.0 Å². The van der Waals surface area contributed by atoms with Crippen LogP contribution in [0.5, 0.6) is 5.75 Å².